The number of esters is 1. The molecule has 1 amide bonds. The molecule has 246 valence electrons. The first kappa shape index (κ1) is 33.9. The summed E-state index contributed by atoms with van der Waals surface area (Å²) in [6.45, 7) is 6.23. The molecule has 0 aliphatic carbocycles. The summed E-state index contributed by atoms with van der Waals surface area (Å²) in [5.41, 5.74) is 5.06. The first-order valence-corrected chi connectivity index (χ1v) is 14.6. The van der Waals surface area contributed by atoms with E-state index in [4.69, 9.17) is 30.1 Å². The number of hydrogen-bond donors (Lipinski definition) is 3. The van der Waals surface area contributed by atoms with E-state index < -0.39 is 46.5 Å². The number of nitrogens with zero attached hydrogens (tertiary/aromatic N) is 3. The molecule has 0 radical (unpaired) electrons. The van der Waals surface area contributed by atoms with Gasteiger partial charge in [-0.05, 0) is 70.0 Å². The van der Waals surface area contributed by atoms with E-state index in [1.165, 1.54) is 41.3 Å². The molecule has 0 bridgehead atoms. The number of likely N-dealkylation sites (tertiary alicyclic amines) is 1. The number of ether oxygens (including phenoxy) is 4. The number of aromatic nitrogens is 1. The largest absolute Gasteiger partial charge is 0.504 e. The number of halogens is 2. The molecule has 0 unspecified atom stereocenters. The van der Waals surface area contributed by atoms with E-state index in [0.717, 1.165) is 0 Å². The number of pyridine rings is 1. The lowest BCUT2D eigenvalue weighted by Crippen LogP contribution is -2.54. The van der Waals surface area contributed by atoms with Crippen LogP contribution in [0.25, 0.3) is 0 Å². The second-order valence-corrected chi connectivity index (χ2v) is 11.3. The number of nitrogens with one attached hydrogen (secondary N) is 1. The number of phenolic OH excluding ortho intramolecular Hbond substituents is 1. The number of amidine groups is 1. The highest BCUT2D eigenvalue weighted by atomic mass is 19.1. The first-order valence-electron chi connectivity index (χ1n) is 14.6. The van der Waals surface area contributed by atoms with E-state index in [1.54, 1.807) is 40.9 Å². The predicted molar refractivity (Wildman–Crippen MR) is 164 cm³/mol. The van der Waals surface area contributed by atoms with E-state index in [2.05, 4.69) is 4.98 Å². The van der Waals surface area contributed by atoms with Crippen LogP contribution < -0.4 is 19.9 Å². The standard InChI is InChI=1S/C32H37F2N5O7/c1-6-43-31(42)32(2,3)39-14-12-20(13-15-39)44-26-24(33)28(45-21-9-7-8-19(16-21)30(41)38(4)5)37-29(25(26)34)46-23-17-18(27(35)36)10-11-22(23)40/h7-11,16-17,20,40H,6,12-15H2,1-5H3,(H3,35,36). The molecular weight excluding hydrogens is 604 g/mol. The predicted octanol–water partition coefficient (Wildman–Crippen LogP) is 4.82. The number of carbonyl (C=O) groups excluding carboxylic acids is 2. The van der Waals surface area contributed by atoms with E-state index in [9.17, 15) is 14.7 Å². The lowest BCUT2D eigenvalue weighted by Gasteiger charge is -2.40. The molecule has 46 heavy (non-hydrogen) atoms. The number of amides is 1. The van der Waals surface area contributed by atoms with Crippen molar-refractivity contribution in [2.75, 3.05) is 33.8 Å². The zero-order valence-electron chi connectivity index (χ0n) is 26.2. The minimum absolute atomic E-state index is 0.0264. The molecule has 0 saturated carbocycles. The highest BCUT2D eigenvalue weighted by Crippen LogP contribution is 2.40. The Morgan fingerprint density at radius 3 is 2.33 bits per heavy atom. The van der Waals surface area contributed by atoms with Gasteiger partial charge >= 0.3 is 5.97 Å². The Balaban J connectivity index is 1.68. The third-order valence-electron chi connectivity index (χ3n) is 7.45. The Hall–Kier alpha value is -4.98. The highest BCUT2D eigenvalue weighted by molar-refractivity contribution is 5.95. The number of nitrogen functional groups attached to an aromatic ring is 1. The van der Waals surface area contributed by atoms with Crippen LogP contribution in [0.4, 0.5) is 8.78 Å². The summed E-state index contributed by atoms with van der Waals surface area (Å²) in [5, 5.41) is 18.0. The van der Waals surface area contributed by atoms with Gasteiger partial charge in [0.15, 0.2) is 11.5 Å². The van der Waals surface area contributed by atoms with Crippen molar-refractivity contribution in [2.45, 2.75) is 45.3 Å². The number of benzene rings is 2. The van der Waals surface area contributed by atoms with Gasteiger partial charge in [-0.15, -0.1) is 0 Å². The van der Waals surface area contributed by atoms with Crippen LogP contribution in [0.3, 0.4) is 0 Å². The summed E-state index contributed by atoms with van der Waals surface area (Å²) in [5.74, 6) is -6.65. The molecule has 0 spiro atoms. The van der Waals surface area contributed by atoms with Crippen LogP contribution in [0.1, 0.15) is 49.5 Å². The lowest BCUT2D eigenvalue weighted by molar-refractivity contribution is -0.157. The summed E-state index contributed by atoms with van der Waals surface area (Å²) < 4.78 is 54.2. The fraction of sp³-hybridized carbons (Fsp3) is 0.375. The maximum Gasteiger partial charge on any atom is 0.325 e. The van der Waals surface area contributed by atoms with Crippen molar-refractivity contribution in [3.8, 4) is 34.8 Å². The molecule has 1 aliphatic heterocycles. The van der Waals surface area contributed by atoms with Gasteiger partial charge in [0, 0.05) is 38.3 Å². The summed E-state index contributed by atoms with van der Waals surface area (Å²) in [4.78, 5) is 32.1. The van der Waals surface area contributed by atoms with Gasteiger partial charge < -0.3 is 34.7 Å². The fourth-order valence-corrected chi connectivity index (χ4v) is 4.79. The zero-order valence-corrected chi connectivity index (χ0v) is 26.2. The van der Waals surface area contributed by atoms with E-state index in [1.807, 2.05) is 4.90 Å². The molecule has 1 aliphatic rings. The van der Waals surface area contributed by atoms with Crippen molar-refractivity contribution < 1.29 is 42.4 Å². The van der Waals surface area contributed by atoms with Gasteiger partial charge in [-0.25, -0.2) is 0 Å². The molecule has 1 aromatic heterocycles. The maximum atomic E-state index is 15.9. The van der Waals surface area contributed by atoms with Gasteiger partial charge in [0.2, 0.25) is 17.4 Å². The Morgan fingerprint density at radius 1 is 1.07 bits per heavy atom. The van der Waals surface area contributed by atoms with Gasteiger partial charge in [0.25, 0.3) is 17.7 Å². The van der Waals surface area contributed by atoms with Gasteiger partial charge in [0.05, 0.1) is 6.61 Å². The van der Waals surface area contributed by atoms with Crippen LogP contribution in [-0.2, 0) is 9.53 Å². The van der Waals surface area contributed by atoms with Gasteiger partial charge in [-0.3, -0.25) is 19.9 Å². The summed E-state index contributed by atoms with van der Waals surface area (Å²) >= 11 is 0. The van der Waals surface area contributed by atoms with E-state index >= 15 is 8.78 Å². The van der Waals surface area contributed by atoms with E-state index in [0.29, 0.717) is 25.9 Å². The van der Waals surface area contributed by atoms with Gasteiger partial charge in [-0.1, -0.05) is 6.07 Å². The second-order valence-electron chi connectivity index (χ2n) is 11.3. The van der Waals surface area contributed by atoms with Crippen LogP contribution in [0.5, 0.6) is 34.8 Å². The number of rotatable bonds is 11. The fourth-order valence-electron chi connectivity index (χ4n) is 4.79. The third kappa shape index (κ3) is 7.45. The molecule has 12 nitrogen and oxygen atoms in total. The zero-order chi connectivity index (χ0) is 33.8. The molecule has 0 atom stereocenters. The molecule has 4 rings (SSSR count). The Labute approximate surface area is 265 Å². The van der Waals surface area contributed by atoms with Gasteiger partial charge in [0.1, 0.15) is 23.2 Å². The normalized spacial score (nSPS) is 14.0. The molecule has 14 heteroatoms. The average molecular weight is 642 g/mol. The number of carbonyl (C=O) groups is 2. The number of piperidine rings is 1. The smallest absolute Gasteiger partial charge is 0.325 e. The number of phenols is 1. The topological polar surface area (TPSA) is 161 Å². The second kappa shape index (κ2) is 14.0. The number of aromatic hydroxyl groups is 1. The number of hydrogen-bond acceptors (Lipinski definition) is 10. The molecule has 1 saturated heterocycles. The minimum Gasteiger partial charge on any atom is -0.504 e. The number of nitrogens with two attached hydrogens (primary N) is 1. The van der Waals surface area contributed by atoms with Crippen molar-refractivity contribution >= 4 is 17.7 Å². The highest BCUT2D eigenvalue weighted by Gasteiger charge is 2.39. The summed E-state index contributed by atoms with van der Waals surface area (Å²) in [6.07, 6.45) is -0.00382. The summed E-state index contributed by atoms with van der Waals surface area (Å²) in [6, 6.07) is 9.66. The molecular formula is C32H37F2N5O7. The van der Waals surface area contributed by atoms with Crippen molar-refractivity contribution in [2.24, 2.45) is 5.73 Å². The molecule has 3 aromatic rings. The van der Waals surface area contributed by atoms with Crippen molar-refractivity contribution in [3.63, 3.8) is 0 Å². The summed E-state index contributed by atoms with van der Waals surface area (Å²) in [7, 11) is 3.15. The SMILES string of the molecule is CCOC(=O)C(C)(C)N1CCC(Oc2c(F)c(Oc3cccc(C(=O)N(C)C)c3)nc(Oc3cc(C(=N)N)ccc3O)c2F)CC1. The minimum atomic E-state index is -1.30. The van der Waals surface area contributed by atoms with Crippen molar-refractivity contribution in [1.82, 2.24) is 14.8 Å². The molecule has 4 N–H and O–H groups in total. The maximum absolute atomic E-state index is 15.9. The molecule has 1 fully saturated rings. The van der Waals surface area contributed by atoms with Crippen molar-refractivity contribution in [1.29, 1.82) is 5.41 Å². The Bertz CT molecular complexity index is 1620. The lowest BCUT2D eigenvalue weighted by atomic mass is 9.97. The third-order valence-corrected chi connectivity index (χ3v) is 7.45. The van der Waals surface area contributed by atoms with Crippen LogP contribution in [0.15, 0.2) is 42.5 Å². The van der Waals surface area contributed by atoms with Crippen LogP contribution in [0, 0.1) is 17.0 Å². The molecule has 2 heterocycles. The quantitative estimate of drug-likeness (QED) is 0.150. The van der Waals surface area contributed by atoms with Crippen LogP contribution >= 0.6 is 0 Å². The Kier molecular flexibility index (Phi) is 10.3. The monoisotopic (exact) mass is 641 g/mol. The average Bonchev–Trinajstić information content (AvgIpc) is 3.02. The first-order chi connectivity index (χ1) is 21.7. The van der Waals surface area contributed by atoms with Crippen LogP contribution in [0.2, 0.25) is 0 Å². The van der Waals surface area contributed by atoms with Gasteiger partial charge in [-0.2, -0.15) is 13.8 Å². The van der Waals surface area contributed by atoms with Crippen LogP contribution in [-0.4, -0.2) is 83.0 Å². The van der Waals surface area contributed by atoms with Crippen molar-refractivity contribution in [3.05, 3.63) is 65.2 Å². The van der Waals surface area contributed by atoms with E-state index in [-0.39, 0.29) is 46.9 Å². The Morgan fingerprint density at radius 2 is 1.72 bits per heavy atom. The molecule has 2 aromatic carbocycles.